The summed E-state index contributed by atoms with van der Waals surface area (Å²) >= 11 is 0. The average molecular weight is 398 g/mol. The average Bonchev–Trinajstić information content (AvgIpc) is 3.13. The maximum absolute atomic E-state index is 11.2. The molecule has 1 atom stereocenters. The van der Waals surface area contributed by atoms with Crippen LogP contribution in [0, 0.1) is 0 Å². The Morgan fingerprint density at radius 3 is 1.97 bits per heavy atom. The summed E-state index contributed by atoms with van der Waals surface area (Å²) in [7, 11) is 0. The molecule has 4 rings (SSSR count). The van der Waals surface area contributed by atoms with Crippen LogP contribution >= 0.6 is 0 Å². The van der Waals surface area contributed by atoms with Gasteiger partial charge in [-0.05, 0) is 19.1 Å². The Balaban J connectivity index is 1.98. The molecule has 3 aromatic carbocycles. The van der Waals surface area contributed by atoms with Gasteiger partial charge in [0.25, 0.3) is 0 Å². The molecule has 0 aliphatic heterocycles. The number of imidazole rings is 1. The van der Waals surface area contributed by atoms with Crippen LogP contribution in [0.15, 0.2) is 84.9 Å². The number of hydrogen-bond acceptors (Lipinski definition) is 3. The van der Waals surface area contributed by atoms with Gasteiger partial charge in [0.1, 0.15) is 5.82 Å². The van der Waals surface area contributed by atoms with Crippen molar-refractivity contribution in [1.29, 1.82) is 0 Å². The lowest BCUT2D eigenvalue weighted by atomic mass is 10.0. The fraction of sp³-hybridized carbons (Fsp3) is 0.120. The Morgan fingerprint density at radius 2 is 1.43 bits per heavy atom. The van der Waals surface area contributed by atoms with Gasteiger partial charge in [0.05, 0.1) is 29.6 Å². The van der Waals surface area contributed by atoms with E-state index in [1.807, 2.05) is 65.2 Å². The Morgan fingerprint density at radius 1 is 0.867 bits per heavy atom. The minimum absolute atomic E-state index is 0.221. The van der Waals surface area contributed by atoms with Crippen LogP contribution in [-0.4, -0.2) is 31.8 Å². The predicted octanol–water partition coefficient (Wildman–Crippen LogP) is 4.96. The quantitative estimate of drug-likeness (QED) is 0.481. The van der Waals surface area contributed by atoms with Crippen LogP contribution in [0.25, 0.3) is 33.9 Å². The minimum atomic E-state index is -0.969. The van der Waals surface area contributed by atoms with Gasteiger partial charge in [0.15, 0.2) is 0 Å². The summed E-state index contributed by atoms with van der Waals surface area (Å²) < 4.78 is 2.01. The van der Waals surface area contributed by atoms with E-state index >= 15 is 0 Å². The highest BCUT2D eigenvalue weighted by atomic mass is 16.4. The van der Waals surface area contributed by atoms with Gasteiger partial charge in [-0.2, -0.15) is 0 Å². The van der Waals surface area contributed by atoms with Crippen molar-refractivity contribution < 1.29 is 15.0 Å². The van der Waals surface area contributed by atoms with E-state index in [0.717, 1.165) is 28.1 Å². The van der Waals surface area contributed by atoms with Crippen LogP contribution in [0.4, 0.5) is 0 Å². The van der Waals surface area contributed by atoms with E-state index in [1.165, 1.54) is 0 Å². The normalized spacial score (nSPS) is 11.9. The Labute approximate surface area is 174 Å². The molecule has 2 N–H and O–H groups in total. The standard InChI is InChI=1S/C25H22N2O3/c1-17(28)16-27-23(19-10-6-3-7-11-19)22(18-8-4-2-5-9-18)26-24(27)20-12-14-21(15-13-20)25(29)30/h2-15,17,28H,16H2,1H3,(H,29,30)/t17-/m1/s1. The van der Waals surface area contributed by atoms with E-state index in [0.29, 0.717) is 12.4 Å². The number of nitrogens with zero attached hydrogens (tertiary/aromatic N) is 2. The first-order valence-electron chi connectivity index (χ1n) is 9.77. The summed E-state index contributed by atoms with van der Waals surface area (Å²) in [5.41, 5.74) is 4.72. The van der Waals surface area contributed by atoms with Crippen LogP contribution in [0.5, 0.6) is 0 Å². The number of rotatable bonds is 6. The van der Waals surface area contributed by atoms with Crippen molar-refractivity contribution in [2.24, 2.45) is 0 Å². The number of aromatic nitrogens is 2. The first-order valence-corrected chi connectivity index (χ1v) is 9.77. The molecule has 150 valence electrons. The largest absolute Gasteiger partial charge is 0.478 e. The second-order valence-electron chi connectivity index (χ2n) is 7.21. The second kappa shape index (κ2) is 8.35. The number of aliphatic hydroxyl groups is 1. The van der Waals surface area contributed by atoms with E-state index in [9.17, 15) is 15.0 Å². The van der Waals surface area contributed by atoms with Gasteiger partial charge in [-0.15, -0.1) is 0 Å². The number of carboxylic acid groups (broad SMARTS) is 1. The lowest BCUT2D eigenvalue weighted by molar-refractivity contribution is 0.0697. The van der Waals surface area contributed by atoms with Crippen molar-refractivity contribution in [2.75, 3.05) is 0 Å². The zero-order valence-corrected chi connectivity index (χ0v) is 16.6. The molecule has 0 unspecified atom stereocenters. The fourth-order valence-corrected chi connectivity index (χ4v) is 3.56. The maximum Gasteiger partial charge on any atom is 0.335 e. The summed E-state index contributed by atoms with van der Waals surface area (Å²) in [6.45, 7) is 2.11. The lowest BCUT2D eigenvalue weighted by Gasteiger charge is -2.15. The summed E-state index contributed by atoms with van der Waals surface area (Å²) in [5.74, 6) is -0.283. The molecule has 0 saturated carbocycles. The van der Waals surface area contributed by atoms with E-state index in [4.69, 9.17) is 4.98 Å². The Hall–Kier alpha value is -3.70. The first-order chi connectivity index (χ1) is 14.5. The zero-order chi connectivity index (χ0) is 21.1. The lowest BCUT2D eigenvalue weighted by Crippen LogP contribution is -2.14. The second-order valence-corrected chi connectivity index (χ2v) is 7.21. The fourth-order valence-electron chi connectivity index (χ4n) is 3.56. The molecule has 0 bridgehead atoms. The van der Waals surface area contributed by atoms with Crippen LogP contribution in [0.2, 0.25) is 0 Å². The van der Waals surface area contributed by atoms with Gasteiger partial charge < -0.3 is 14.8 Å². The highest BCUT2D eigenvalue weighted by molar-refractivity contribution is 5.88. The van der Waals surface area contributed by atoms with Gasteiger partial charge in [-0.3, -0.25) is 0 Å². The Bertz CT molecular complexity index is 1150. The van der Waals surface area contributed by atoms with Gasteiger partial charge in [-0.25, -0.2) is 9.78 Å². The molecule has 0 radical (unpaired) electrons. The van der Waals surface area contributed by atoms with E-state index in [2.05, 4.69) is 0 Å². The minimum Gasteiger partial charge on any atom is -0.478 e. The molecule has 0 saturated heterocycles. The third-order valence-corrected chi connectivity index (χ3v) is 4.90. The van der Waals surface area contributed by atoms with Crippen molar-refractivity contribution >= 4 is 5.97 Å². The van der Waals surface area contributed by atoms with E-state index in [1.54, 1.807) is 31.2 Å². The SMILES string of the molecule is C[C@@H](O)Cn1c(-c2ccc(C(=O)O)cc2)nc(-c2ccccc2)c1-c1ccccc1. The topological polar surface area (TPSA) is 75.4 Å². The molecule has 0 aliphatic rings. The monoisotopic (exact) mass is 398 g/mol. The summed E-state index contributed by atoms with van der Waals surface area (Å²) in [6, 6.07) is 26.6. The molecule has 1 aromatic heterocycles. The van der Waals surface area contributed by atoms with Gasteiger partial charge >= 0.3 is 5.97 Å². The predicted molar refractivity (Wildman–Crippen MR) is 117 cm³/mol. The van der Waals surface area contributed by atoms with Crippen LogP contribution in [0.3, 0.4) is 0 Å². The molecule has 1 heterocycles. The highest BCUT2D eigenvalue weighted by Gasteiger charge is 2.22. The summed E-state index contributed by atoms with van der Waals surface area (Å²) in [5, 5.41) is 19.4. The molecule has 0 amide bonds. The molecule has 0 fully saturated rings. The van der Waals surface area contributed by atoms with Crippen LogP contribution in [-0.2, 0) is 6.54 Å². The van der Waals surface area contributed by atoms with Crippen molar-refractivity contribution in [2.45, 2.75) is 19.6 Å². The number of benzene rings is 3. The highest BCUT2D eigenvalue weighted by Crippen LogP contribution is 2.36. The summed E-state index contributed by atoms with van der Waals surface area (Å²) in [6.07, 6.45) is -0.581. The summed E-state index contributed by atoms with van der Waals surface area (Å²) in [4.78, 5) is 16.2. The number of aliphatic hydroxyl groups excluding tert-OH is 1. The van der Waals surface area contributed by atoms with Gasteiger partial charge in [0, 0.05) is 16.7 Å². The van der Waals surface area contributed by atoms with Crippen LogP contribution in [0.1, 0.15) is 17.3 Å². The first kappa shape index (κ1) is 19.6. The smallest absolute Gasteiger partial charge is 0.335 e. The molecular weight excluding hydrogens is 376 g/mol. The van der Waals surface area contributed by atoms with Gasteiger partial charge in [-0.1, -0.05) is 72.8 Å². The van der Waals surface area contributed by atoms with E-state index < -0.39 is 12.1 Å². The zero-order valence-electron chi connectivity index (χ0n) is 16.6. The van der Waals surface area contributed by atoms with Crippen LogP contribution < -0.4 is 0 Å². The van der Waals surface area contributed by atoms with Crippen molar-refractivity contribution in [3.05, 3.63) is 90.5 Å². The third-order valence-electron chi connectivity index (χ3n) is 4.90. The molecule has 4 aromatic rings. The van der Waals surface area contributed by atoms with E-state index in [-0.39, 0.29) is 5.56 Å². The van der Waals surface area contributed by atoms with Crippen molar-refractivity contribution in [3.63, 3.8) is 0 Å². The molecule has 0 spiro atoms. The third kappa shape index (κ3) is 3.88. The Kier molecular flexibility index (Phi) is 5.46. The maximum atomic E-state index is 11.2. The van der Waals surface area contributed by atoms with Crippen molar-refractivity contribution in [1.82, 2.24) is 9.55 Å². The van der Waals surface area contributed by atoms with Crippen molar-refractivity contribution in [3.8, 4) is 33.9 Å². The number of hydrogen-bond donors (Lipinski definition) is 2. The van der Waals surface area contributed by atoms with Gasteiger partial charge in [0.2, 0.25) is 0 Å². The molecule has 0 aliphatic carbocycles. The number of aromatic carboxylic acids is 1. The molecule has 30 heavy (non-hydrogen) atoms. The number of carbonyl (C=O) groups is 1. The molecular formula is C25H22N2O3. The number of carboxylic acids is 1. The molecule has 5 nitrogen and oxygen atoms in total. The molecule has 5 heteroatoms.